The second kappa shape index (κ2) is 12.1. The fourth-order valence-electron chi connectivity index (χ4n) is 7.01. The first-order chi connectivity index (χ1) is 19.9. The van der Waals surface area contributed by atoms with Gasteiger partial charge in [0.05, 0.1) is 0 Å². The molecule has 0 heterocycles. The molecule has 8 rings (SSSR count). The minimum absolute atomic E-state index is 0. The Morgan fingerprint density at radius 2 is 1.07 bits per heavy atom. The first-order valence-electron chi connectivity index (χ1n) is 14.1. The first-order valence-corrected chi connectivity index (χ1v) is 19.8. The third-order valence-corrected chi connectivity index (χ3v) is 20.7. The van der Waals surface area contributed by atoms with Crippen molar-refractivity contribution >= 4 is 24.8 Å². The van der Waals surface area contributed by atoms with E-state index in [4.69, 9.17) is 0 Å². The van der Waals surface area contributed by atoms with Gasteiger partial charge in [-0.25, -0.2) is 0 Å². The number of rotatable bonds is 4. The molecule has 3 heteroatoms. The molecule has 202 valence electrons. The Kier molecular flexibility index (Phi) is 8.28. The molecule has 6 aromatic rings. The summed E-state index contributed by atoms with van der Waals surface area (Å²) in [4.78, 5) is 0. The van der Waals surface area contributed by atoms with Crippen LogP contribution in [0.2, 0.25) is 0 Å². The molecule has 0 saturated heterocycles. The van der Waals surface area contributed by atoms with E-state index in [0.29, 0.717) is 3.67 Å². The Hall–Kier alpha value is -3.36. The molecule has 0 fully saturated rings. The van der Waals surface area contributed by atoms with Crippen LogP contribution in [0.5, 0.6) is 0 Å². The first kappa shape index (κ1) is 28.7. The van der Waals surface area contributed by atoms with Gasteiger partial charge in [-0.2, -0.15) is 0 Å². The summed E-state index contributed by atoms with van der Waals surface area (Å²) in [6.45, 7) is 0. The van der Waals surface area contributed by atoms with Crippen molar-refractivity contribution in [2.75, 3.05) is 0 Å². The average molecular weight is 746 g/mol. The maximum absolute atomic E-state index is 2.94. The van der Waals surface area contributed by atoms with Gasteiger partial charge >= 0.3 is 244 Å². The Morgan fingerprint density at radius 3 is 1.69 bits per heavy atom. The monoisotopic (exact) mass is 746 g/mol. The summed E-state index contributed by atoms with van der Waals surface area (Å²) in [5.41, 5.74) is 8.76. The van der Waals surface area contributed by atoms with E-state index in [-0.39, 0.29) is 24.8 Å². The van der Waals surface area contributed by atoms with Crippen molar-refractivity contribution in [3.63, 3.8) is 0 Å². The van der Waals surface area contributed by atoms with E-state index in [1.165, 1.54) is 49.4 Å². The largest absolute Gasteiger partial charge is 1.00 e. The van der Waals surface area contributed by atoms with Crippen molar-refractivity contribution in [1.82, 2.24) is 0 Å². The van der Waals surface area contributed by atoms with Crippen molar-refractivity contribution in [2.45, 2.75) is 10.1 Å². The normalized spacial score (nSPS) is 14.3. The van der Waals surface area contributed by atoms with Crippen LogP contribution in [0.4, 0.5) is 0 Å². The van der Waals surface area contributed by atoms with Crippen LogP contribution in [0.1, 0.15) is 32.3 Å². The number of fused-ring (bicyclic) bond motifs is 8. The predicted molar refractivity (Wildman–Crippen MR) is 167 cm³/mol. The van der Waals surface area contributed by atoms with E-state index in [0.717, 1.165) is 6.42 Å². The zero-order valence-electron chi connectivity index (χ0n) is 23.0. The van der Waals surface area contributed by atoms with Crippen LogP contribution in [0.25, 0.3) is 32.7 Å². The molecule has 0 nitrogen and oxygen atoms in total. The molecule has 0 amide bonds. The van der Waals surface area contributed by atoms with E-state index in [1.54, 1.807) is 12.1 Å². The molecule has 1 unspecified atom stereocenters. The molecule has 6 aromatic carbocycles. The van der Waals surface area contributed by atoms with Gasteiger partial charge in [0, 0.05) is 0 Å². The number of hydrogen-bond donors (Lipinski definition) is 0. The van der Waals surface area contributed by atoms with E-state index < -0.39 is 21.0 Å². The summed E-state index contributed by atoms with van der Waals surface area (Å²) in [6.07, 6.45) is 8.21. The number of halogens is 2. The second-order valence-electron chi connectivity index (χ2n) is 10.7. The summed E-state index contributed by atoms with van der Waals surface area (Å²) < 4.78 is 3.72. The average Bonchev–Trinajstić information content (AvgIpc) is 3.68. The van der Waals surface area contributed by atoms with Gasteiger partial charge in [-0.1, -0.05) is 0 Å². The van der Waals surface area contributed by atoms with Crippen LogP contribution in [0.15, 0.2) is 155 Å². The Balaban J connectivity index is 0.00000158. The fourth-order valence-corrected chi connectivity index (χ4v) is 20.3. The molecule has 0 radical (unpaired) electrons. The van der Waals surface area contributed by atoms with Gasteiger partial charge in [0.1, 0.15) is 0 Å². The van der Waals surface area contributed by atoms with Crippen molar-refractivity contribution in [1.29, 1.82) is 0 Å². The summed E-state index contributed by atoms with van der Waals surface area (Å²) in [6, 6.07) is 50.0. The molecule has 0 N–H and O–H groups in total. The number of benzene rings is 6. The van der Waals surface area contributed by atoms with Gasteiger partial charge < -0.3 is 24.8 Å². The van der Waals surface area contributed by atoms with Gasteiger partial charge in [-0.05, 0) is 0 Å². The quantitative estimate of drug-likeness (QED) is 0.191. The van der Waals surface area contributed by atoms with Gasteiger partial charge in [0.15, 0.2) is 0 Å². The minimum Gasteiger partial charge on any atom is -1.00 e. The van der Waals surface area contributed by atoms with E-state index >= 15 is 0 Å². The predicted octanol–water partition coefficient (Wildman–Crippen LogP) is 3.80. The van der Waals surface area contributed by atoms with Crippen LogP contribution in [-0.4, -0.2) is 3.26 Å². The van der Waals surface area contributed by atoms with Crippen LogP contribution < -0.4 is 24.8 Å². The minimum atomic E-state index is -2.94. The summed E-state index contributed by atoms with van der Waals surface area (Å²) >= 11 is -2.94. The van der Waals surface area contributed by atoms with Gasteiger partial charge in [-0.3, -0.25) is 0 Å². The van der Waals surface area contributed by atoms with Gasteiger partial charge in [0.2, 0.25) is 0 Å². The topological polar surface area (TPSA) is 0 Å². The Morgan fingerprint density at radius 1 is 0.548 bits per heavy atom. The maximum Gasteiger partial charge on any atom is -1.00 e. The molecule has 1 atom stereocenters. The molecule has 2 aliphatic carbocycles. The molecule has 0 spiro atoms. The van der Waals surface area contributed by atoms with Crippen molar-refractivity contribution in [3.8, 4) is 11.1 Å². The second-order valence-corrected chi connectivity index (χ2v) is 19.9. The molecular formula is C39H28Cl2Hf. The van der Waals surface area contributed by atoms with Crippen molar-refractivity contribution in [3.05, 3.63) is 177 Å². The third kappa shape index (κ3) is 4.60. The van der Waals surface area contributed by atoms with Gasteiger partial charge in [0.25, 0.3) is 0 Å². The van der Waals surface area contributed by atoms with Crippen molar-refractivity contribution < 1.29 is 45.8 Å². The molecule has 0 aromatic heterocycles. The summed E-state index contributed by atoms with van der Waals surface area (Å²) in [5.74, 6) is 0. The van der Waals surface area contributed by atoms with Crippen LogP contribution in [0.3, 0.4) is 0 Å². The summed E-state index contributed by atoms with van der Waals surface area (Å²) in [7, 11) is 0. The number of hydrogen-bond acceptors (Lipinski definition) is 0. The standard InChI is InChI=1S/C21H13.C13H10.C5H5.2ClH.Hf/c1-2-8-15-14(7-1)13-20-18-11-4-3-9-16(18)17-10-5-6-12-19(17)21(15)20;1-3-7-12(8-4-1)11-13-9-5-2-6-10-13;1-2-4-5-3-1;;;/h1-13H;1-10H;1-3H,4H2;2*1H;/q;;;;;+2/p-2. The SMILES string of the molecule is C1=CC[C]([Hf+2](=[C](c2ccccc2)c2ccccc2)[CH]2c3ccccc3-c3c2c2ccccc2c2ccccc32)=C1.[Cl-].[Cl-]. The smallest absolute Gasteiger partial charge is 1.00 e. The molecule has 0 saturated carbocycles. The zero-order chi connectivity index (χ0) is 26.5. The third-order valence-electron chi connectivity index (χ3n) is 8.60. The maximum atomic E-state index is 2.47. The van der Waals surface area contributed by atoms with Gasteiger partial charge in [-0.15, -0.1) is 0 Å². The molecule has 2 aliphatic rings. The summed E-state index contributed by atoms with van der Waals surface area (Å²) in [5, 5.41) is 5.54. The van der Waals surface area contributed by atoms with E-state index in [2.05, 4.69) is 152 Å². The Labute approximate surface area is 267 Å². The van der Waals surface area contributed by atoms with E-state index in [1.807, 2.05) is 0 Å². The molecule has 0 bridgehead atoms. The van der Waals surface area contributed by atoms with Crippen LogP contribution in [-0.2, 0) is 21.0 Å². The number of allylic oxidation sites excluding steroid dienone is 4. The molecule has 42 heavy (non-hydrogen) atoms. The Bertz CT molecular complexity index is 1980. The van der Waals surface area contributed by atoms with E-state index in [9.17, 15) is 0 Å². The van der Waals surface area contributed by atoms with Crippen LogP contribution in [0, 0.1) is 0 Å². The fraction of sp³-hybridized carbons (Fsp3) is 0.0513. The molecular weight excluding hydrogens is 718 g/mol. The van der Waals surface area contributed by atoms with Crippen molar-refractivity contribution in [2.24, 2.45) is 0 Å². The molecule has 0 aliphatic heterocycles. The zero-order valence-corrected chi connectivity index (χ0v) is 28.1. The van der Waals surface area contributed by atoms with Crippen LogP contribution >= 0.6 is 0 Å².